The van der Waals surface area contributed by atoms with Crippen LogP contribution in [-0.4, -0.2) is 6.67 Å². The van der Waals surface area contributed by atoms with Gasteiger partial charge in [-0.15, -0.1) is 49.6 Å². The second-order valence-electron chi connectivity index (χ2n) is 0.267. The summed E-state index contributed by atoms with van der Waals surface area (Å²) >= 11 is 0. The Hall–Kier alpha value is 1.09. The van der Waals surface area contributed by atoms with Crippen molar-refractivity contribution >= 4 is 49.6 Å². The first-order chi connectivity index (χ1) is 1.41. The van der Waals surface area contributed by atoms with Crippen LogP contribution in [0.3, 0.4) is 0 Å². The Morgan fingerprint density at radius 3 is 1.00 bits per heavy atom. The van der Waals surface area contributed by atoms with Gasteiger partial charge in [-0.1, -0.05) is 0 Å². The average Bonchev–Trinajstić information content (AvgIpc) is 0.918. The Morgan fingerprint density at radius 1 is 1.00 bits per heavy atom. The van der Waals surface area contributed by atoms with Gasteiger partial charge in [0.1, 0.15) is 0 Å². The summed E-state index contributed by atoms with van der Waals surface area (Å²) in [5.41, 5.74) is 0. The summed E-state index contributed by atoms with van der Waals surface area (Å²) in [4.78, 5) is 0. The van der Waals surface area contributed by atoms with Crippen LogP contribution in [0.25, 0.3) is 0 Å². The maximum absolute atomic E-state index is 10.3. The highest BCUT2D eigenvalue weighted by molar-refractivity contribution is 5.86. The molecule has 0 radical (unpaired) electrons. The second kappa shape index (κ2) is 60.2. The maximum Gasteiger partial charge on any atom is 0.0866 e. The van der Waals surface area contributed by atoms with Crippen molar-refractivity contribution in [2.75, 3.05) is 6.67 Å². The molecule has 0 aromatic rings. The predicted octanol–water partition coefficient (Wildman–Crippen LogP) is 2.66. The third-order valence-electron chi connectivity index (χ3n) is 0. The zero-order chi connectivity index (χ0) is 2.71. The summed E-state index contributed by atoms with van der Waals surface area (Å²) in [6, 6.07) is 0. The molecule has 0 amide bonds. The highest BCUT2D eigenvalue weighted by Crippen LogP contribution is 1.48. The van der Waals surface area contributed by atoms with E-state index in [9.17, 15) is 4.39 Å². The highest BCUT2D eigenvalue weighted by atomic mass is 35.5. The number of rotatable bonds is 0. The van der Waals surface area contributed by atoms with E-state index in [1.54, 1.807) is 0 Å². The van der Waals surface area contributed by atoms with E-state index in [2.05, 4.69) is 0 Å². The maximum atomic E-state index is 10.3. The fourth-order valence-electron chi connectivity index (χ4n) is 0. The van der Waals surface area contributed by atoms with Gasteiger partial charge in [-0.05, 0) is 6.92 Å². The Balaban J connectivity index is -0.00000000333. The van der Waals surface area contributed by atoms with Crippen LogP contribution in [-0.2, 0) is 0 Å². The largest absolute Gasteiger partial charge is 0.251 e. The lowest BCUT2D eigenvalue weighted by Gasteiger charge is -1.45. The smallest absolute Gasteiger partial charge is 0.0866 e. The Labute approximate surface area is 67.9 Å². The Kier molecular flexibility index (Phi) is 366. The zero-order valence-electron chi connectivity index (χ0n) is 3.72. The van der Waals surface area contributed by atoms with E-state index in [1.807, 2.05) is 0 Å². The number of alkyl halides is 1. The molecular weight excluding hydrogens is 185 g/mol. The Bertz CT molecular complexity index is 9.65. The molecule has 0 N–H and O–H groups in total. The molecular formula is C2H9Cl4F. The summed E-state index contributed by atoms with van der Waals surface area (Å²) in [7, 11) is 0. The molecule has 0 unspecified atom stereocenters. The van der Waals surface area contributed by atoms with E-state index in [0.717, 1.165) is 0 Å². The molecule has 0 saturated heterocycles. The van der Waals surface area contributed by atoms with Gasteiger partial charge in [0.05, 0.1) is 6.67 Å². The van der Waals surface area contributed by atoms with E-state index >= 15 is 0 Å². The molecule has 0 bridgehead atoms. The molecule has 52 valence electrons. The lowest BCUT2D eigenvalue weighted by molar-refractivity contribution is 0.527. The SMILES string of the molecule is CCF.Cl.Cl.Cl.Cl. The third kappa shape index (κ3) is 155. The minimum atomic E-state index is -0.250. The van der Waals surface area contributed by atoms with Crippen molar-refractivity contribution in [3.63, 3.8) is 0 Å². The molecule has 0 aliphatic heterocycles. The van der Waals surface area contributed by atoms with Crippen molar-refractivity contribution in [1.82, 2.24) is 0 Å². The van der Waals surface area contributed by atoms with Crippen molar-refractivity contribution in [2.45, 2.75) is 6.92 Å². The first-order valence-electron chi connectivity index (χ1n) is 0.974. The van der Waals surface area contributed by atoms with Gasteiger partial charge >= 0.3 is 0 Å². The van der Waals surface area contributed by atoms with Crippen LogP contribution >= 0.6 is 49.6 Å². The first-order valence-corrected chi connectivity index (χ1v) is 0.974. The molecule has 7 heavy (non-hydrogen) atoms. The molecule has 0 saturated carbocycles. The summed E-state index contributed by atoms with van der Waals surface area (Å²) in [5.74, 6) is 0. The van der Waals surface area contributed by atoms with Crippen molar-refractivity contribution in [1.29, 1.82) is 0 Å². The molecule has 5 heteroatoms. The number of hydrogen-bond acceptors (Lipinski definition) is 0. The first kappa shape index (κ1) is 42.6. The van der Waals surface area contributed by atoms with E-state index in [-0.39, 0.29) is 56.3 Å². The fourth-order valence-corrected chi connectivity index (χ4v) is 0. The van der Waals surface area contributed by atoms with Gasteiger partial charge in [0, 0.05) is 0 Å². The average molecular weight is 194 g/mol. The standard InChI is InChI=1S/C2H5F.4ClH/c1-2-3;;;;/h2H2,1H3;4*1H. The van der Waals surface area contributed by atoms with Gasteiger partial charge in [-0.3, -0.25) is 4.39 Å². The summed E-state index contributed by atoms with van der Waals surface area (Å²) in [5, 5.41) is 0. The lowest BCUT2D eigenvalue weighted by atomic mass is 10.9. The van der Waals surface area contributed by atoms with E-state index in [1.165, 1.54) is 6.92 Å². The molecule has 0 nitrogen and oxygen atoms in total. The van der Waals surface area contributed by atoms with Crippen molar-refractivity contribution in [2.24, 2.45) is 0 Å². The monoisotopic (exact) mass is 192 g/mol. The molecule has 0 aromatic carbocycles. The van der Waals surface area contributed by atoms with Gasteiger partial charge in [0.15, 0.2) is 0 Å². The third-order valence-corrected chi connectivity index (χ3v) is 0. The summed E-state index contributed by atoms with van der Waals surface area (Å²) in [6.45, 7) is 1.21. The van der Waals surface area contributed by atoms with Gasteiger partial charge in [0.25, 0.3) is 0 Å². The van der Waals surface area contributed by atoms with Crippen LogP contribution < -0.4 is 0 Å². The highest BCUT2D eigenvalue weighted by Gasteiger charge is 1.39. The molecule has 0 aromatic heterocycles. The van der Waals surface area contributed by atoms with Crippen LogP contribution in [0.2, 0.25) is 0 Å². The molecule has 0 fully saturated rings. The fraction of sp³-hybridized carbons (Fsp3) is 1.00. The lowest BCUT2D eigenvalue weighted by Crippen LogP contribution is -1.40. The van der Waals surface area contributed by atoms with Crippen molar-refractivity contribution in [3.05, 3.63) is 0 Å². The summed E-state index contributed by atoms with van der Waals surface area (Å²) in [6.07, 6.45) is 0. The molecule has 0 aliphatic carbocycles. The summed E-state index contributed by atoms with van der Waals surface area (Å²) < 4.78 is 10.3. The van der Waals surface area contributed by atoms with Gasteiger partial charge < -0.3 is 0 Å². The zero-order valence-corrected chi connectivity index (χ0v) is 6.98. The van der Waals surface area contributed by atoms with Gasteiger partial charge in [-0.2, -0.15) is 0 Å². The van der Waals surface area contributed by atoms with Gasteiger partial charge in [-0.25, -0.2) is 0 Å². The molecule has 0 heterocycles. The van der Waals surface area contributed by atoms with Crippen LogP contribution in [0.15, 0.2) is 0 Å². The van der Waals surface area contributed by atoms with E-state index in [4.69, 9.17) is 0 Å². The number of hydrogen-bond donors (Lipinski definition) is 0. The van der Waals surface area contributed by atoms with Crippen LogP contribution in [0.4, 0.5) is 4.39 Å². The molecule has 0 spiro atoms. The molecule has 0 aliphatic rings. The quantitative estimate of drug-likeness (QED) is 0.555. The van der Waals surface area contributed by atoms with Crippen molar-refractivity contribution < 1.29 is 4.39 Å². The Morgan fingerprint density at radius 2 is 1.00 bits per heavy atom. The van der Waals surface area contributed by atoms with Crippen LogP contribution in [0.5, 0.6) is 0 Å². The van der Waals surface area contributed by atoms with Crippen molar-refractivity contribution in [3.8, 4) is 0 Å². The normalized spacial score (nSPS) is 2.57. The van der Waals surface area contributed by atoms with Crippen LogP contribution in [0, 0.1) is 0 Å². The molecule has 0 atom stereocenters. The second-order valence-corrected chi connectivity index (χ2v) is 0.267. The van der Waals surface area contributed by atoms with Crippen LogP contribution in [0.1, 0.15) is 6.92 Å². The topological polar surface area (TPSA) is 0 Å². The predicted molar refractivity (Wildman–Crippen MR) is 40.6 cm³/mol. The van der Waals surface area contributed by atoms with E-state index in [0.29, 0.717) is 0 Å². The number of halogens is 5. The minimum absolute atomic E-state index is 0. The molecule has 0 rings (SSSR count). The van der Waals surface area contributed by atoms with E-state index < -0.39 is 0 Å². The van der Waals surface area contributed by atoms with Gasteiger partial charge in [0.2, 0.25) is 0 Å². The minimum Gasteiger partial charge on any atom is -0.251 e.